The van der Waals surface area contributed by atoms with Gasteiger partial charge in [0.2, 0.25) is 0 Å². The number of rotatable bonds is 8. The molecule has 4 nitrogen and oxygen atoms in total. The van der Waals surface area contributed by atoms with Crippen molar-refractivity contribution in [3.63, 3.8) is 0 Å². The fourth-order valence-corrected chi connectivity index (χ4v) is 2.33. The van der Waals surface area contributed by atoms with E-state index in [1.54, 1.807) is 13.2 Å². The van der Waals surface area contributed by atoms with Crippen molar-refractivity contribution in [2.45, 2.75) is 26.7 Å². The molecule has 0 aliphatic heterocycles. The number of nitrogens with one attached hydrogen (secondary N) is 1. The van der Waals surface area contributed by atoms with E-state index < -0.39 is 0 Å². The van der Waals surface area contributed by atoms with E-state index in [0.717, 1.165) is 16.7 Å². The Balaban J connectivity index is 2.00. The van der Waals surface area contributed by atoms with Crippen LogP contribution in [0.3, 0.4) is 0 Å². The number of hydrogen-bond donors (Lipinski definition) is 1. The summed E-state index contributed by atoms with van der Waals surface area (Å²) in [5, 5.41) is 2.97. The fraction of sp³-hybridized carbons (Fsp3) is 0.316. The predicted octanol–water partition coefficient (Wildman–Crippen LogP) is 3.30. The van der Waals surface area contributed by atoms with Gasteiger partial charge >= 0.3 is 0 Å². The van der Waals surface area contributed by atoms with Gasteiger partial charge in [-0.1, -0.05) is 36.4 Å². The third-order valence-corrected chi connectivity index (χ3v) is 3.52. The van der Waals surface area contributed by atoms with Gasteiger partial charge in [-0.2, -0.15) is 0 Å². The number of hydrogen-bond acceptors (Lipinski definition) is 3. The van der Waals surface area contributed by atoms with Crippen LogP contribution in [0.2, 0.25) is 0 Å². The Morgan fingerprint density at radius 3 is 2.57 bits per heavy atom. The van der Waals surface area contributed by atoms with Crippen LogP contribution >= 0.6 is 0 Å². The quantitative estimate of drug-likeness (QED) is 0.813. The third kappa shape index (κ3) is 5.20. The Bertz CT molecular complexity index is 640. The second-order valence-electron chi connectivity index (χ2n) is 5.22. The molecule has 1 amide bonds. The molecule has 4 heteroatoms. The Morgan fingerprint density at radius 1 is 1.04 bits per heavy atom. The van der Waals surface area contributed by atoms with E-state index >= 15 is 0 Å². The van der Waals surface area contributed by atoms with E-state index in [1.165, 1.54) is 0 Å². The summed E-state index contributed by atoms with van der Waals surface area (Å²) in [7, 11) is 1.64. The molecule has 0 fully saturated rings. The van der Waals surface area contributed by atoms with E-state index in [1.807, 2.05) is 49.4 Å². The molecule has 0 saturated heterocycles. The molecule has 0 aliphatic carbocycles. The van der Waals surface area contributed by atoms with Gasteiger partial charge < -0.3 is 14.8 Å². The predicted molar refractivity (Wildman–Crippen MR) is 90.1 cm³/mol. The van der Waals surface area contributed by atoms with Crippen LogP contribution in [0.1, 0.15) is 34.0 Å². The Hall–Kier alpha value is -2.17. The second kappa shape index (κ2) is 9.08. The number of ether oxygens (including phenoxy) is 2. The molecular weight excluding hydrogens is 290 g/mol. The smallest absolute Gasteiger partial charge is 0.251 e. The third-order valence-electron chi connectivity index (χ3n) is 3.52. The average Bonchev–Trinajstić information content (AvgIpc) is 2.59. The summed E-state index contributed by atoms with van der Waals surface area (Å²) in [5.41, 5.74) is 3.80. The first-order chi connectivity index (χ1) is 11.2. The minimum Gasteiger partial charge on any atom is -0.380 e. The summed E-state index contributed by atoms with van der Waals surface area (Å²) in [6, 6.07) is 15.5. The number of carbonyl (C=O) groups excluding carboxylic acids is 1. The maximum Gasteiger partial charge on any atom is 0.251 e. The van der Waals surface area contributed by atoms with Gasteiger partial charge in [-0.05, 0) is 35.7 Å². The largest absolute Gasteiger partial charge is 0.380 e. The lowest BCUT2D eigenvalue weighted by Crippen LogP contribution is -2.23. The van der Waals surface area contributed by atoms with E-state index in [-0.39, 0.29) is 5.91 Å². The van der Waals surface area contributed by atoms with E-state index in [2.05, 4.69) is 5.32 Å². The molecule has 2 aromatic rings. The molecule has 0 aliphatic rings. The van der Waals surface area contributed by atoms with Crippen molar-refractivity contribution in [2.75, 3.05) is 13.7 Å². The number of carbonyl (C=O) groups is 1. The molecule has 0 atom stereocenters. The van der Waals surface area contributed by atoms with Crippen molar-refractivity contribution < 1.29 is 14.3 Å². The zero-order chi connectivity index (χ0) is 16.5. The number of methoxy groups -OCH3 is 1. The van der Waals surface area contributed by atoms with Crippen LogP contribution in [-0.2, 0) is 29.2 Å². The van der Waals surface area contributed by atoms with Crippen LogP contribution in [0.25, 0.3) is 0 Å². The molecule has 122 valence electrons. The molecule has 2 aromatic carbocycles. The zero-order valence-electron chi connectivity index (χ0n) is 13.7. The van der Waals surface area contributed by atoms with Crippen molar-refractivity contribution in [1.82, 2.24) is 5.32 Å². The minimum atomic E-state index is -0.0887. The first kappa shape index (κ1) is 17.2. The van der Waals surface area contributed by atoms with Gasteiger partial charge in [0.25, 0.3) is 5.91 Å². The van der Waals surface area contributed by atoms with Crippen molar-refractivity contribution in [3.05, 3.63) is 70.8 Å². The molecule has 0 saturated carbocycles. The minimum absolute atomic E-state index is 0.0887. The Kier molecular flexibility index (Phi) is 6.78. The highest BCUT2D eigenvalue weighted by Gasteiger charge is 2.08. The topological polar surface area (TPSA) is 47.6 Å². The number of amides is 1. The first-order valence-corrected chi connectivity index (χ1v) is 7.75. The van der Waals surface area contributed by atoms with Gasteiger partial charge in [-0.25, -0.2) is 0 Å². The molecule has 23 heavy (non-hydrogen) atoms. The maximum atomic E-state index is 12.3. The Morgan fingerprint density at radius 2 is 1.83 bits per heavy atom. The van der Waals surface area contributed by atoms with Crippen LogP contribution in [0.5, 0.6) is 0 Å². The van der Waals surface area contributed by atoms with Crippen molar-refractivity contribution in [3.8, 4) is 0 Å². The summed E-state index contributed by atoms with van der Waals surface area (Å²) in [6.45, 7) is 4.19. The number of benzene rings is 2. The summed E-state index contributed by atoms with van der Waals surface area (Å²) in [5.74, 6) is -0.0887. The molecule has 0 spiro atoms. The molecule has 2 rings (SSSR count). The second-order valence-corrected chi connectivity index (χ2v) is 5.22. The highest BCUT2D eigenvalue weighted by atomic mass is 16.5. The van der Waals surface area contributed by atoms with Gasteiger partial charge in [0.05, 0.1) is 13.2 Å². The van der Waals surface area contributed by atoms with E-state index in [0.29, 0.717) is 31.9 Å². The van der Waals surface area contributed by atoms with Crippen LogP contribution in [0.15, 0.2) is 48.5 Å². The van der Waals surface area contributed by atoms with Gasteiger partial charge in [0.15, 0.2) is 0 Å². The van der Waals surface area contributed by atoms with Crippen molar-refractivity contribution in [2.24, 2.45) is 0 Å². The van der Waals surface area contributed by atoms with Crippen LogP contribution in [0.4, 0.5) is 0 Å². The lowest BCUT2D eigenvalue weighted by atomic mass is 10.1. The van der Waals surface area contributed by atoms with Gasteiger partial charge in [-0.3, -0.25) is 4.79 Å². The highest BCUT2D eigenvalue weighted by molar-refractivity contribution is 5.94. The molecule has 0 aromatic heterocycles. The lowest BCUT2D eigenvalue weighted by Gasteiger charge is -2.11. The first-order valence-electron chi connectivity index (χ1n) is 7.75. The molecule has 1 N–H and O–H groups in total. The van der Waals surface area contributed by atoms with Crippen LogP contribution in [-0.4, -0.2) is 19.6 Å². The molecular formula is C19H23NO3. The highest BCUT2D eigenvalue weighted by Crippen LogP contribution is 2.11. The molecule has 0 unspecified atom stereocenters. The maximum absolute atomic E-state index is 12.3. The van der Waals surface area contributed by atoms with Crippen LogP contribution in [0, 0.1) is 0 Å². The fourth-order valence-electron chi connectivity index (χ4n) is 2.33. The Labute approximate surface area is 137 Å². The standard InChI is InChI=1S/C19H23NO3/c1-3-23-14-18-9-5-4-8-17(18)12-20-19(21)16-10-6-7-15(11-16)13-22-2/h4-11H,3,12-14H2,1-2H3,(H,20,21). The summed E-state index contributed by atoms with van der Waals surface area (Å²) < 4.78 is 10.6. The molecule has 0 radical (unpaired) electrons. The average molecular weight is 313 g/mol. The summed E-state index contributed by atoms with van der Waals surface area (Å²) >= 11 is 0. The molecule has 0 bridgehead atoms. The summed E-state index contributed by atoms with van der Waals surface area (Å²) in [4.78, 5) is 12.3. The SMILES string of the molecule is CCOCc1ccccc1CNC(=O)c1cccc(COC)c1. The normalized spacial score (nSPS) is 10.5. The van der Waals surface area contributed by atoms with E-state index in [9.17, 15) is 4.79 Å². The van der Waals surface area contributed by atoms with Gasteiger partial charge in [-0.15, -0.1) is 0 Å². The van der Waals surface area contributed by atoms with Gasteiger partial charge in [0.1, 0.15) is 0 Å². The zero-order valence-corrected chi connectivity index (χ0v) is 13.7. The van der Waals surface area contributed by atoms with E-state index in [4.69, 9.17) is 9.47 Å². The van der Waals surface area contributed by atoms with Gasteiger partial charge in [0, 0.05) is 25.8 Å². The van der Waals surface area contributed by atoms with Crippen LogP contribution < -0.4 is 5.32 Å². The molecule has 0 heterocycles. The van der Waals surface area contributed by atoms with Crippen molar-refractivity contribution >= 4 is 5.91 Å². The van der Waals surface area contributed by atoms with Crippen molar-refractivity contribution in [1.29, 1.82) is 0 Å². The summed E-state index contributed by atoms with van der Waals surface area (Å²) in [6.07, 6.45) is 0. The lowest BCUT2D eigenvalue weighted by molar-refractivity contribution is 0.0949. The monoisotopic (exact) mass is 313 g/mol.